The molecule has 4 N–H and O–H groups in total. The van der Waals surface area contributed by atoms with Crippen molar-refractivity contribution >= 4 is 35.8 Å². The number of carbonyl (C=O) groups excluding carboxylic acids is 1. The van der Waals surface area contributed by atoms with Gasteiger partial charge < -0.3 is 30.7 Å². The van der Waals surface area contributed by atoms with E-state index in [1.807, 2.05) is 18.2 Å². The number of nitrogens with zero attached hydrogens (tertiary/aromatic N) is 2. The van der Waals surface area contributed by atoms with Gasteiger partial charge in [0.15, 0.2) is 12.6 Å². The number of benzene rings is 1. The molecule has 1 aromatic carbocycles. The number of nitrogens with two attached hydrogens (primary N) is 1. The van der Waals surface area contributed by atoms with E-state index in [0.717, 1.165) is 63.6 Å². The predicted octanol–water partition coefficient (Wildman–Crippen LogP) is 1.72. The maximum Gasteiger partial charge on any atom is 0.255 e. The topological polar surface area (TPSA) is 101 Å². The van der Waals surface area contributed by atoms with Gasteiger partial charge in [-0.05, 0) is 43.9 Å². The maximum absolute atomic E-state index is 10.9. The molecule has 0 saturated carbocycles. The van der Waals surface area contributed by atoms with Crippen LogP contribution in [0.25, 0.3) is 0 Å². The second-order valence-electron chi connectivity index (χ2n) is 7.20. The van der Waals surface area contributed by atoms with E-state index >= 15 is 0 Å². The zero-order valence-electron chi connectivity index (χ0n) is 18.1. The fourth-order valence-electron chi connectivity index (χ4n) is 3.31. The van der Waals surface area contributed by atoms with Gasteiger partial charge in [0, 0.05) is 45.9 Å². The average Bonchev–Trinajstić information content (AvgIpc) is 2.72. The highest BCUT2D eigenvalue weighted by Gasteiger charge is 2.19. The van der Waals surface area contributed by atoms with E-state index in [2.05, 4.69) is 22.5 Å². The third kappa shape index (κ3) is 10.4. The summed E-state index contributed by atoms with van der Waals surface area (Å²) in [5, 5.41) is 6.89. The molecule has 0 radical (unpaired) electrons. The molecule has 2 rings (SSSR count). The van der Waals surface area contributed by atoms with Gasteiger partial charge >= 0.3 is 0 Å². The first kappa shape index (κ1) is 26.4. The minimum Gasteiger partial charge on any atom is -0.484 e. The monoisotopic (exact) mass is 533 g/mol. The molecule has 1 aliphatic heterocycles. The molecule has 1 saturated heterocycles. The Hall–Kier alpha value is -1.59. The Labute approximate surface area is 197 Å². The number of likely N-dealkylation sites (tertiary alicyclic amines) is 1. The van der Waals surface area contributed by atoms with Crippen LogP contribution in [0.4, 0.5) is 0 Å². The van der Waals surface area contributed by atoms with Crippen LogP contribution in [0.2, 0.25) is 0 Å². The fraction of sp³-hybridized carbons (Fsp3) is 0.619. The zero-order valence-corrected chi connectivity index (χ0v) is 20.4. The average molecular weight is 533 g/mol. The number of halogens is 1. The van der Waals surface area contributed by atoms with Crippen LogP contribution in [0.5, 0.6) is 5.75 Å². The molecule has 1 amide bonds. The first-order chi connectivity index (χ1) is 14.1. The second-order valence-corrected chi connectivity index (χ2v) is 7.20. The summed E-state index contributed by atoms with van der Waals surface area (Å²) in [6, 6.07) is 8.00. The lowest BCUT2D eigenvalue weighted by Gasteiger charge is -2.33. The molecule has 0 bridgehead atoms. The number of methoxy groups -OCH3 is 1. The molecular weight excluding hydrogens is 497 g/mol. The van der Waals surface area contributed by atoms with Crippen LogP contribution in [-0.4, -0.2) is 69.3 Å². The Morgan fingerprint density at radius 1 is 1.33 bits per heavy atom. The van der Waals surface area contributed by atoms with Gasteiger partial charge in [-0.3, -0.25) is 4.79 Å². The molecule has 9 heteroatoms. The summed E-state index contributed by atoms with van der Waals surface area (Å²) in [4.78, 5) is 18.1. The minimum atomic E-state index is -0.489. The van der Waals surface area contributed by atoms with Gasteiger partial charge in [-0.15, -0.1) is 24.0 Å². The lowest BCUT2D eigenvalue weighted by atomic mass is 10.1. The van der Waals surface area contributed by atoms with Crippen molar-refractivity contribution < 1.29 is 14.3 Å². The summed E-state index contributed by atoms with van der Waals surface area (Å²) >= 11 is 0. The largest absolute Gasteiger partial charge is 0.484 e. The van der Waals surface area contributed by atoms with Crippen molar-refractivity contribution in [1.29, 1.82) is 0 Å². The summed E-state index contributed by atoms with van der Waals surface area (Å²) in [5.41, 5.74) is 6.14. The normalized spacial score (nSPS) is 15.3. The summed E-state index contributed by atoms with van der Waals surface area (Å²) in [6.45, 7) is 7.39. The standard InChI is InChI=1S/C21H35N5O3.HI/c1-3-23-21(25-18-8-11-26(12-9-18)10-5-13-28-2)24-15-17-6-4-7-19(14-17)29-16-20(22)27;/h4,6-7,14,18H,3,5,8-13,15-16H2,1-2H3,(H2,22,27)(H2,23,24,25);1H. The lowest BCUT2D eigenvalue weighted by Crippen LogP contribution is -2.48. The molecule has 1 fully saturated rings. The van der Waals surface area contributed by atoms with Gasteiger partial charge in [0.05, 0.1) is 6.54 Å². The zero-order chi connectivity index (χ0) is 20.9. The van der Waals surface area contributed by atoms with Gasteiger partial charge in [0.25, 0.3) is 5.91 Å². The van der Waals surface area contributed by atoms with Gasteiger partial charge in [0.1, 0.15) is 5.75 Å². The van der Waals surface area contributed by atoms with Crippen LogP contribution < -0.4 is 21.1 Å². The van der Waals surface area contributed by atoms with Gasteiger partial charge in [-0.1, -0.05) is 12.1 Å². The Morgan fingerprint density at radius 2 is 2.10 bits per heavy atom. The molecule has 8 nitrogen and oxygen atoms in total. The number of ether oxygens (including phenoxy) is 2. The first-order valence-electron chi connectivity index (χ1n) is 10.4. The SMILES string of the molecule is CCNC(=NCc1cccc(OCC(N)=O)c1)NC1CCN(CCCOC)CC1.I. The minimum absolute atomic E-state index is 0. The molecule has 1 aliphatic rings. The number of rotatable bonds is 11. The molecule has 1 heterocycles. The van der Waals surface area contributed by atoms with Crippen molar-refractivity contribution in [3.63, 3.8) is 0 Å². The lowest BCUT2D eigenvalue weighted by molar-refractivity contribution is -0.119. The van der Waals surface area contributed by atoms with Crippen LogP contribution >= 0.6 is 24.0 Å². The molecule has 1 aromatic rings. The molecule has 0 atom stereocenters. The molecule has 0 aromatic heterocycles. The van der Waals surface area contributed by atoms with E-state index < -0.39 is 5.91 Å². The highest BCUT2D eigenvalue weighted by atomic mass is 127. The number of nitrogens with one attached hydrogen (secondary N) is 2. The fourth-order valence-corrected chi connectivity index (χ4v) is 3.31. The van der Waals surface area contributed by atoms with Crippen molar-refractivity contribution in [2.24, 2.45) is 10.7 Å². The third-order valence-electron chi connectivity index (χ3n) is 4.79. The Bertz CT molecular complexity index is 651. The van der Waals surface area contributed by atoms with Gasteiger partial charge in [-0.25, -0.2) is 4.99 Å². The predicted molar refractivity (Wildman–Crippen MR) is 130 cm³/mol. The van der Waals surface area contributed by atoms with E-state index in [4.69, 9.17) is 20.2 Å². The summed E-state index contributed by atoms with van der Waals surface area (Å²) < 4.78 is 10.5. The van der Waals surface area contributed by atoms with E-state index in [9.17, 15) is 4.79 Å². The Balaban J connectivity index is 0.00000450. The van der Waals surface area contributed by atoms with E-state index in [-0.39, 0.29) is 30.6 Å². The smallest absolute Gasteiger partial charge is 0.255 e. The number of amides is 1. The summed E-state index contributed by atoms with van der Waals surface area (Å²) in [7, 11) is 1.75. The maximum atomic E-state index is 10.9. The van der Waals surface area contributed by atoms with Crippen LogP contribution in [-0.2, 0) is 16.1 Å². The highest BCUT2D eigenvalue weighted by molar-refractivity contribution is 14.0. The van der Waals surface area contributed by atoms with E-state index in [1.54, 1.807) is 13.2 Å². The number of piperidine rings is 1. The molecule has 170 valence electrons. The van der Waals surface area contributed by atoms with Gasteiger partial charge in [0.2, 0.25) is 0 Å². The molecular formula is C21H36IN5O3. The first-order valence-corrected chi connectivity index (χ1v) is 10.4. The van der Waals surface area contributed by atoms with Crippen molar-refractivity contribution in [2.75, 3.05) is 46.5 Å². The molecule has 0 unspecified atom stereocenters. The van der Waals surface area contributed by atoms with E-state index in [1.165, 1.54) is 0 Å². The third-order valence-corrected chi connectivity index (χ3v) is 4.79. The van der Waals surface area contributed by atoms with E-state index in [0.29, 0.717) is 18.3 Å². The Kier molecular flexibility index (Phi) is 13.4. The summed E-state index contributed by atoms with van der Waals surface area (Å²) in [5.74, 6) is 0.959. The second kappa shape index (κ2) is 15.2. The van der Waals surface area contributed by atoms with Crippen LogP contribution in [0.15, 0.2) is 29.3 Å². The van der Waals surface area contributed by atoms with Crippen molar-refractivity contribution in [2.45, 2.75) is 38.8 Å². The number of hydrogen-bond donors (Lipinski definition) is 3. The number of hydrogen-bond acceptors (Lipinski definition) is 5. The summed E-state index contributed by atoms with van der Waals surface area (Å²) in [6.07, 6.45) is 3.29. The van der Waals surface area contributed by atoms with Crippen LogP contribution in [0.3, 0.4) is 0 Å². The van der Waals surface area contributed by atoms with Crippen molar-refractivity contribution in [3.05, 3.63) is 29.8 Å². The molecule has 0 aliphatic carbocycles. The van der Waals surface area contributed by atoms with Crippen LogP contribution in [0.1, 0.15) is 31.7 Å². The van der Waals surface area contributed by atoms with Crippen LogP contribution in [0, 0.1) is 0 Å². The quantitative estimate of drug-likeness (QED) is 0.173. The van der Waals surface area contributed by atoms with Gasteiger partial charge in [-0.2, -0.15) is 0 Å². The number of aliphatic imine (C=N–C) groups is 1. The van der Waals surface area contributed by atoms with Crippen molar-refractivity contribution in [1.82, 2.24) is 15.5 Å². The molecule has 0 spiro atoms. The molecule has 30 heavy (non-hydrogen) atoms. The Morgan fingerprint density at radius 3 is 2.77 bits per heavy atom. The number of guanidine groups is 1. The number of primary amides is 1. The number of carbonyl (C=O) groups is 1. The highest BCUT2D eigenvalue weighted by Crippen LogP contribution is 2.14. The van der Waals surface area contributed by atoms with Crippen molar-refractivity contribution in [3.8, 4) is 5.75 Å².